The van der Waals surface area contributed by atoms with Crippen LogP contribution >= 0.6 is 0 Å². The van der Waals surface area contributed by atoms with Crippen LogP contribution in [0.15, 0.2) is 0 Å². The Morgan fingerprint density at radius 3 is 2.80 bits per heavy atom. The summed E-state index contributed by atoms with van der Waals surface area (Å²) in [7, 11) is 0. The number of nitrogens with one attached hydrogen (secondary N) is 1. The standard InChI is InChI=1S/C11H21NO3/c13-5-4-12-10-1-6-15-11(9-10)2-7-14-8-3-11/h10,12-13H,1-9H2. The summed E-state index contributed by atoms with van der Waals surface area (Å²) >= 11 is 0. The number of rotatable bonds is 3. The molecule has 15 heavy (non-hydrogen) atoms. The van der Waals surface area contributed by atoms with E-state index in [2.05, 4.69) is 5.32 Å². The Bertz CT molecular complexity index is 187. The van der Waals surface area contributed by atoms with Crippen LogP contribution in [0.3, 0.4) is 0 Å². The van der Waals surface area contributed by atoms with E-state index in [4.69, 9.17) is 14.6 Å². The van der Waals surface area contributed by atoms with Gasteiger partial charge in [0.05, 0.1) is 12.2 Å². The van der Waals surface area contributed by atoms with E-state index in [9.17, 15) is 0 Å². The molecule has 2 N–H and O–H groups in total. The van der Waals surface area contributed by atoms with E-state index in [-0.39, 0.29) is 12.2 Å². The highest BCUT2D eigenvalue weighted by Crippen LogP contribution is 2.34. The predicted molar refractivity (Wildman–Crippen MR) is 56.8 cm³/mol. The Balaban J connectivity index is 1.85. The van der Waals surface area contributed by atoms with Gasteiger partial charge in [-0.3, -0.25) is 0 Å². The van der Waals surface area contributed by atoms with Gasteiger partial charge in [-0.05, 0) is 25.7 Å². The molecule has 2 fully saturated rings. The van der Waals surface area contributed by atoms with E-state index in [0.717, 1.165) is 45.5 Å². The third kappa shape index (κ3) is 2.91. The lowest BCUT2D eigenvalue weighted by Gasteiger charge is -2.43. The second kappa shape index (κ2) is 5.25. The number of ether oxygens (including phenoxy) is 2. The minimum atomic E-state index is 0.0591. The fourth-order valence-corrected chi connectivity index (χ4v) is 2.56. The average Bonchev–Trinajstić information content (AvgIpc) is 2.28. The fourth-order valence-electron chi connectivity index (χ4n) is 2.56. The largest absolute Gasteiger partial charge is 0.395 e. The maximum atomic E-state index is 8.78. The van der Waals surface area contributed by atoms with Crippen molar-refractivity contribution in [1.29, 1.82) is 0 Å². The highest BCUT2D eigenvalue weighted by Gasteiger charge is 2.38. The summed E-state index contributed by atoms with van der Waals surface area (Å²) in [6, 6.07) is 0.504. The van der Waals surface area contributed by atoms with E-state index in [1.807, 2.05) is 0 Å². The van der Waals surface area contributed by atoms with Crippen molar-refractivity contribution in [3.8, 4) is 0 Å². The zero-order valence-corrected chi connectivity index (χ0v) is 9.21. The van der Waals surface area contributed by atoms with Gasteiger partial charge in [-0.15, -0.1) is 0 Å². The van der Waals surface area contributed by atoms with Crippen LogP contribution in [0.4, 0.5) is 0 Å². The third-order valence-electron chi connectivity index (χ3n) is 3.44. The van der Waals surface area contributed by atoms with E-state index in [1.54, 1.807) is 0 Å². The summed E-state index contributed by atoms with van der Waals surface area (Å²) in [6.45, 7) is 3.40. The Hall–Kier alpha value is -0.160. The first-order valence-electron chi connectivity index (χ1n) is 5.91. The summed E-state index contributed by atoms with van der Waals surface area (Å²) in [5.74, 6) is 0. The molecule has 0 aromatic heterocycles. The second-order valence-electron chi connectivity index (χ2n) is 4.51. The lowest BCUT2D eigenvalue weighted by Crippen LogP contribution is -2.50. The molecule has 2 saturated heterocycles. The monoisotopic (exact) mass is 215 g/mol. The van der Waals surface area contributed by atoms with Gasteiger partial charge in [0.2, 0.25) is 0 Å². The van der Waals surface area contributed by atoms with E-state index in [0.29, 0.717) is 12.6 Å². The van der Waals surface area contributed by atoms with E-state index < -0.39 is 0 Å². The van der Waals surface area contributed by atoms with Gasteiger partial charge in [0, 0.05) is 32.4 Å². The van der Waals surface area contributed by atoms with Crippen molar-refractivity contribution >= 4 is 0 Å². The zero-order chi connectivity index (χ0) is 10.6. The van der Waals surface area contributed by atoms with Crippen molar-refractivity contribution in [2.45, 2.75) is 37.3 Å². The third-order valence-corrected chi connectivity index (χ3v) is 3.44. The molecule has 1 atom stereocenters. The molecule has 2 aliphatic rings. The molecule has 2 aliphatic heterocycles. The molecule has 0 bridgehead atoms. The fraction of sp³-hybridized carbons (Fsp3) is 1.00. The van der Waals surface area contributed by atoms with Crippen LogP contribution in [0.25, 0.3) is 0 Å². The Morgan fingerprint density at radius 1 is 1.27 bits per heavy atom. The Labute approximate surface area is 90.9 Å². The molecule has 0 saturated carbocycles. The van der Waals surface area contributed by atoms with Crippen LogP contribution in [-0.4, -0.2) is 49.7 Å². The molecule has 0 amide bonds. The van der Waals surface area contributed by atoms with Crippen LogP contribution in [0.5, 0.6) is 0 Å². The van der Waals surface area contributed by atoms with Crippen LogP contribution < -0.4 is 5.32 Å². The SMILES string of the molecule is OCCNC1CCOC2(CCOCC2)C1. The first-order chi connectivity index (χ1) is 7.35. The molecule has 4 heteroatoms. The minimum absolute atomic E-state index is 0.0591. The van der Waals surface area contributed by atoms with E-state index >= 15 is 0 Å². The lowest BCUT2D eigenvalue weighted by atomic mass is 9.84. The molecule has 1 unspecified atom stereocenters. The summed E-state index contributed by atoms with van der Waals surface area (Å²) in [4.78, 5) is 0. The van der Waals surface area contributed by atoms with Gasteiger partial charge >= 0.3 is 0 Å². The van der Waals surface area contributed by atoms with Crippen LogP contribution in [0.1, 0.15) is 25.7 Å². The predicted octanol–water partition coefficient (Wildman–Crippen LogP) is 0.296. The molecule has 88 valence electrons. The van der Waals surface area contributed by atoms with Gasteiger partial charge in [0.1, 0.15) is 0 Å². The van der Waals surface area contributed by atoms with Crippen molar-refractivity contribution in [2.75, 3.05) is 33.0 Å². The van der Waals surface area contributed by atoms with Crippen molar-refractivity contribution in [3.63, 3.8) is 0 Å². The topological polar surface area (TPSA) is 50.7 Å². The molecule has 0 aromatic rings. The summed E-state index contributed by atoms with van der Waals surface area (Å²) < 4.78 is 11.3. The highest BCUT2D eigenvalue weighted by molar-refractivity contribution is 4.91. The van der Waals surface area contributed by atoms with Crippen molar-refractivity contribution in [1.82, 2.24) is 5.32 Å². The number of hydrogen-bond donors (Lipinski definition) is 2. The quantitative estimate of drug-likeness (QED) is 0.711. The summed E-state index contributed by atoms with van der Waals surface area (Å²) in [5.41, 5.74) is 0.0591. The van der Waals surface area contributed by atoms with Gasteiger partial charge in [-0.1, -0.05) is 0 Å². The second-order valence-corrected chi connectivity index (χ2v) is 4.51. The number of hydrogen-bond acceptors (Lipinski definition) is 4. The number of aliphatic hydroxyl groups is 1. The van der Waals surface area contributed by atoms with E-state index in [1.165, 1.54) is 0 Å². The molecule has 0 aromatic carbocycles. The molecule has 4 nitrogen and oxygen atoms in total. The maximum absolute atomic E-state index is 8.78. The molecule has 1 spiro atoms. The highest BCUT2D eigenvalue weighted by atomic mass is 16.5. The minimum Gasteiger partial charge on any atom is -0.395 e. The van der Waals surface area contributed by atoms with Gasteiger partial charge < -0.3 is 19.9 Å². The molecule has 0 radical (unpaired) electrons. The number of aliphatic hydroxyl groups excluding tert-OH is 1. The molecular formula is C11H21NO3. The first kappa shape index (κ1) is 11.3. The summed E-state index contributed by atoms with van der Waals surface area (Å²) in [6.07, 6.45) is 4.16. The smallest absolute Gasteiger partial charge is 0.0741 e. The van der Waals surface area contributed by atoms with Gasteiger partial charge in [-0.25, -0.2) is 0 Å². The average molecular weight is 215 g/mol. The molecule has 2 heterocycles. The molecule has 2 rings (SSSR count). The van der Waals surface area contributed by atoms with Gasteiger partial charge in [-0.2, -0.15) is 0 Å². The van der Waals surface area contributed by atoms with Gasteiger partial charge in [0.25, 0.3) is 0 Å². The Morgan fingerprint density at radius 2 is 2.07 bits per heavy atom. The van der Waals surface area contributed by atoms with Crippen molar-refractivity contribution in [2.24, 2.45) is 0 Å². The van der Waals surface area contributed by atoms with Crippen molar-refractivity contribution < 1.29 is 14.6 Å². The summed E-state index contributed by atoms with van der Waals surface area (Å²) in [5, 5.41) is 12.2. The van der Waals surface area contributed by atoms with Crippen LogP contribution in [-0.2, 0) is 9.47 Å². The molecule has 0 aliphatic carbocycles. The molecular weight excluding hydrogens is 194 g/mol. The lowest BCUT2D eigenvalue weighted by molar-refractivity contribution is -0.140. The van der Waals surface area contributed by atoms with Crippen LogP contribution in [0, 0.1) is 0 Å². The normalized spacial score (nSPS) is 30.6. The maximum Gasteiger partial charge on any atom is 0.0741 e. The van der Waals surface area contributed by atoms with Crippen LogP contribution in [0.2, 0.25) is 0 Å². The Kier molecular flexibility index (Phi) is 3.97. The van der Waals surface area contributed by atoms with Gasteiger partial charge in [0.15, 0.2) is 0 Å². The zero-order valence-electron chi connectivity index (χ0n) is 9.21. The first-order valence-corrected chi connectivity index (χ1v) is 5.91. The van der Waals surface area contributed by atoms with Crippen molar-refractivity contribution in [3.05, 3.63) is 0 Å².